The fourth-order valence-electron chi connectivity index (χ4n) is 4.64. The number of fused-ring (bicyclic) bond motifs is 5. The molecule has 3 aliphatic rings. The zero-order chi connectivity index (χ0) is 22.6. The van der Waals surface area contributed by atoms with Gasteiger partial charge in [0, 0.05) is 49.1 Å². The summed E-state index contributed by atoms with van der Waals surface area (Å²) in [6.45, 7) is 3.51. The van der Waals surface area contributed by atoms with Crippen molar-refractivity contribution >= 4 is 34.7 Å². The summed E-state index contributed by atoms with van der Waals surface area (Å²) in [5.41, 5.74) is 7.78. The molecule has 0 aliphatic carbocycles. The second kappa shape index (κ2) is 9.84. The van der Waals surface area contributed by atoms with E-state index in [1.54, 1.807) is 18.3 Å². The number of thiol groups is 1. The van der Waals surface area contributed by atoms with Crippen LogP contribution in [0.2, 0.25) is 0 Å². The van der Waals surface area contributed by atoms with Crippen LogP contribution in [0.25, 0.3) is 0 Å². The van der Waals surface area contributed by atoms with Crippen LogP contribution < -0.4 is 16.4 Å². The van der Waals surface area contributed by atoms with E-state index in [0.717, 1.165) is 61.9 Å². The lowest BCUT2D eigenvalue weighted by atomic mass is 9.96. The maximum atomic E-state index is 11.7. The van der Waals surface area contributed by atoms with Crippen LogP contribution in [0.15, 0.2) is 52.2 Å². The van der Waals surface area contributed by atoms with Gasteiger partial charge in [0.15, 0.2) is 0 Å². The minimum Gasteiger partial charge on any atom is -0.366 e. The number of rotatable bonds is 2. The van der Waals surface area contributed by atoms with E-state index in [1.807, 2.05) is 24.4 Å². The number of aromatic nitrogens is 2. The van der Waals surface area contributed by atoms with Gasteiger partial charge < -0.3 is 21.3 Å². The highest BCUT2D eigenvalue weighted by Gasteiger charge is 2.27. The largest absolute Gasteiger partial charge is 0.366 e. The maximum Gasteiger partial charge on any atom is 0.248 e. The number of nitrogens with zero attached hydrogens (tertiary/aromatic N) is 4. The number of primary amides is 1. The molecule has 0 radical (unpaired) electrons. The summed E-state index contributed by atoms with van der Waals surface area (Å²) < 4.78 is 0. The van der Waals surface area contributed by atoms with Gasteiger partial charge >= 0.3 is 0 Å². The second-order valence-electron chi connectivity index (χ2n) is 8.65. The van der Waals surface area contributed by atoms with Gasteiger partial charge in [0.25, 0.3) is 0 Å². The first kappa shape index (κ1) is 21.8. The molecule has 1 fully saturated rings. The summed E-state index contributed by atoms with van der Waals surface area (Å²) in [6, 6.07) is 9.42. The van der Waals surface area contributed by atoms with Crippen LogP contribution in [0.3, 0.4) is 0 Å². The lowest BCUT2D eigenvalue weighted by Crippen LogP contribution is -2.25. The average Bonchev–Trinajstić information content (AvgIpc) is 3.31. The number of carbonyl (C=O) groups excluding carboxylic acids is 1. The predicted octanol–water partition coefficient (Wildman–Crippen LogP) is 2.46. The zero-order valence-electron chi connectivity index (χ0n) is 18.4. The van der Waals surface area contributed by atoms with E-state index >= 15 is 0 Å². The first-order chi connectivity index (χ1) is 16.2. The van der Waals surface area contributed by atoms with Gasteiger partial charge in [-0.3, -0.25) is 9.78 Å². The molecule has 5 rings (SSSR count). The third-order valence-electron chi connectivity index (χ3n) is 6.35. The Morgan fingerprint density at radius 3 is 3.03 bits per heavy atom. The fourth-order valence-corrected chi connectivity index (χ4v) is 5.47. The van der Waals surface area contributed by atoms with Gasteiger partial charge in [-0.25, -0.2) is 9.98 Å². The lowest BCUT2D eigenvalue weighted by molar-refractivity contribution is 0.1000. The van der Waals surface area contributed by atoms with Crippen LogP contribution in [0.1, 0.15) is 47.1 Å². The van der Waals surface area contributed by atoms with Gasteiger partial charge in [0.2, 0.25) is 5.91 Å². The maximum absolute atomic E-state index is 11.7. The summed E-state index contributed by atoms with van der Waals surface area (Å²) in [7, 11) is 0. The number of hydrogen-bond donors (Lipinski definition) is 4. The second-order valence-corrected chi connectivity index (χ2v) is 9.75. The Labute approximate surface area is 197 Å². The molecule has 1 amide bonds. The van der Waals surface area contributed by atoms with Crippen LogP contribution in [0.4, 0.5) is 5.82 Å². The minimum atomic E-state index is -0.443. The van der Waals surface area contributed by atoms with E-state index in [2.05, 4.69) is 25.9 Å². The molecule has 0 saturated carbocycles. The Bertz CT molecular complexity index is 1130. The first-order valence-corrected chi connectivity index (χ1v) is 12.4. The predicted molar refractivity (Wildman–Crippen MR) is 135 cm³/mol. The molecule has 4 bridgehead atoms. The van der Waals surface area contributed by atoms with E-state index < -0.39 is 5.91 Å². The number of anilines is 1. The molecule has 0 spiro atoms. The standard InChI is InChI=1S/C24H29N7OS/c25-23(32)17-6-8-27-20(12-17)19-5-4-16-7-10-31(15-16)24-21(33-11-9-28-24)14-26-13-18-2-1-3-22(29-18)30-19/h1-3,6,8-9,11-12,16,19,26,33H,4-5,7,10,13-15H2,(H2,25,32)(H,29,30). The summed E-state index contributed by atoms with van der Waals surface area (Å²) in [6.07, 6.45) is 6.66. The Hall–Kier alpha value is -3.04. The molecule has 33 heavy (non-hydrogen) atoms. The fraction of sp³-hybridized carbons (Fsp3) is 0.375. The molecular formula is C24H29N7OS. The van der Waals surface area contributed by atoms with Gasteiger partial charge in [0.05, 0.1) is 17.4 Å². The van der Waals surface area contributed by atoms with Crippen molar-refractivity contribution in [1.29, 1.82) is 0 Å². The molecule has 2 aromatic rings. The number of pyridine rings is 2. The van der Waals surface area contributed by atoms with Crippen molar-refractivity contribution in [2.24, 2.45) is 16.6 Å². The summed E-state index contributed by atoms with van der Waals surface area (Å²) in [5, 5.41) is 9.22. The van der Waals surface area contributed by atoms with E-state index in [4.69, 9.17) is 15.7 Å². The van der Waals surface area contributed by atoms with Gasteiger partial charge in [-0.1, -0.05) is 6.07 Å². The summed E-state index contributed by atoms with van der Waals surface area (Å²) >= 11 is 1.21. The summed E-state index contributed by atoms with van der Waals surface area (Å²) in [4.78, 5) is 29.6. The molecule has 0 aromatic carbocycles. The molecule has 2 unspecified atom stereocenters. The van der Waals surface area contributed by atoms with Crippen LogP contribution in [-0.4, -0.2) is 52.0 Å². The minimum absolute atomic E-state index is 0.0604. The van der Waals surface area contributed by atoms with Crippen molar-refractivity contribution in [2.45, 2.75) is 31.8 Å². The highest BCUT2D eigenvalue weighted by Crippen LogP contribution is 2.32. The van der Waals surface area contributed by atoms with Crippen molar-refractivity contribution in [2.75, 3.05) is 25.0 Å². The summed E-state index contributed by atoms with van der Waals surface area (Å²) in [5.74, 6) is 2.07. The normalized spacial score (nSPS) is 23.1. The molecule has 2 aromatic heterocycles. The zero-order valence-corrected chi connectivity index (χ0v) is 19.3. The van der Waals surface area contributed by atoms with Crippen molar-refractivity contribution in [3.05, 3.63) is 64.2 Å². The van der Waals surface area contributed by atoms with E-state index in [0.29, 0.717) is 18.0 Å². The van der Waals surface area contributed by atoms with Gasteiger partial charge in [-0.15, -0.1) is 0 Å². The topological polar surface area (TPSA) is 109 Å². The monoisotopic (exact) mass is 463 g/mol. The highest BCUT2D eigenvalue weighted by atomic mass is 32.1. The van der Waals surface area contributed by atoms with Crippen LogP contribution in [-0.2, 0) is 6.54 Å². The lowest BCUT2D eigenvalue weighted by Gasteiger charge is -2.23. The third kappa shape index (κ3) is 5.15. The highest BCUT2D eigenvalue weighted by molar-refractivity contribution is 8.02. The average molecular weight is 464 g/mol. The Kier molecular flexibility index (Phi) is 6.50. The Morgan fingerprint density at radius 1 is 1.18 bits per heavy atom. The Morgan fingerprint density at radius 2 is 2.12 bits per heavy atom. The SMILES string of the molecule is NC(=O)c1ccnc(C2CCC3CCN(C3)C3=C(CNCc4cccc(n4)N2)[SH]=CC=N3)c1. The molecule has 1 saturated heterocycles. The number of nitrogens with two attached hydrogens (primary N) is 1. The van der Waals surface area contributed by atoms with E-state index in [9.17, 15) is 4.79 Å². The van der Waals surface area contributed by atoms with Gasteiger partial charge in [-0.05, 0) is 54.8 Å². The number of hydrogen-bond acceptors (Lipinski definition) is 7. The molecule has 4 N–H and O–H groups in total. The van der Waals surface area contributed by atoms with E-state index in [1.165, 1.54) is 16.3 Å². The molecule has 5 heterocycles. The quantitative estimate of drug-likeness (QED) is 0.403. The van der Waals surface area contributed by atoms with Crippen molar-refractivity contribution in [3.63, 3.8) is 0 Å². The van der Waals surface area contributed by atoms with Crippen LogP contribution >= 0.6 is 11.4 Å². The van der Waals surface area contributed by atoms with Crippen molar-refractivity contribution in [3.8, 4) is 0 Å². The molecule has 3 aliphatic heterocycles. The van der Waals surface area contributed by atoms with Crippen molar-refractivity contribution in [1.82, 2.24) is 20.2 Å². The van der Waals surface area contributed by atoms with Gasteiger partial charge in [0.1, 0.15) is 11.6 Å². The molecule has 8 nitrogen and oxygen atoms in total. The third-order valence-corrected chi connectivity index (χ3v) is 7.30. The number of aliphatic imine (C=N–C) groups is 1. The molecule has 9 heteroatoms. The molecule has 2 atom stereocenters. The molecular weight excluding hydrogens is 434 g/mol. The van der Waals surface area contributed by atoms with E-state index in [-0.39, 0.29) is 6.04 Å². The van der Waals surface area contributed by atoms with Gasteiger partial charge in [-0.2, -0.15) is 11.4 Å². The number of nitrogens with one attached hydrogen (secondary N) is 2. The van der Waals surface area contributed by atoms with Crippen molar-refractivity contribution < 1.29 is 4.79 Å². The first-order valence-electron chi connectivity index (χ1n) is 11.4. The number of carbonyl (C=O) groups is 1. The number of amides is 1. The smallest absolute Gasteiger partial charge is 0.248 e. The van der Waals surface area contributed by atoms with Crippen LogP contribution in [0.5, 0.6) is 0 Å². The molecule has 172 valence electrons. The Balaban J connectivity index is 1.45. The van der Waals surface area contributed by atoms with Crippen LogP contribution in [0, 0.1) is 5.92 Å².